The van der Waals surface area contributed by atoms with Gasteiger partial charge in [0.1, 0.15) is 0 Å². The summed E-state index contributed by atoms with van der Waals surface area (Å²) in [5, 5.41) is 2.11. The number of carbonyl (C=O) groups excluding carboxylic acids is 1. The molecule has 144 valence electrons. The summed E-state index contributed by atoms with van der Waals surface area (Å²) in [5.74, 6) is 0.254. The second-order valence-corrected chi connectivity index (χ2v) is 7.56. The zero-order valence-corrected chi connectivity index (χ0v) is 15.8. The Labute approximate surface area is 164 Å². The second kappa shape index (κ2) is 8.54. The Morgan fingerprint density at radius 2 is 2.04 bits per heavy atom. The van der Waals surface area contributed by atoms with Crippen LogP contribution >= 0.6 is 23.4 Å². The second-order valence-electron chi connectivity index (χ2n) is 6.09. The van der Waals surface area contributed by atoms with E-state index in [9.17, 15) is 18.0 Å². The molecule has 3 rings (SSSR count). The molecule has 0 aromatic heterocycles. The summed E-state index contributed by atoms with van der Waals surface area (Å²) >= 11 is 7.12. The summed E-state index contributed by atoms with van der Waals surface area (Å²) in [7, 11) is 0. The molecule has 0 spiro atoms. The molecular formula is C19H17ClF3NO2S. The van der Waals surface area contributed by atoms with Crippen molar-refractivity contribution < 1.29 is 22.7 Å². The van der Waals surface area contributed by atoms with Crippen LogP contribution in [0.1, 0.15) is 28.8 Å². The van der Waals surface area contributed by atoms with E-state index >= 15 is 0 Å². The molecule has 1 aliphatic rings. The summed E-state index contributed by atoms with van der Waals surface area (Å²) in [5.41, 5.74) is -0.539. The third kappa shape index (κ3) is 5.18. The van der Waals surface area contributed by atoms with E-state index < -0.39 is 22.7 Å². The van der Waals surface area contributed by atoms with Crippen molar-refractivity contribution in [3.05, 3.63) is 58.6 Å². The lowest BCUT2D eigenvalue weighted by molar-refractivity contribution is -0.137. The largest absolute Gasteiger partial charge is 0.417 e. The Morgan fingerprint density at radius 3 is 2.74 bits per heavy atom. The predicted octanol–water partition coefficient (Wildman–Crippen LogP) is 5.88. The Balaban J connectivity index is 1.74. The highest BCUT2D eigenvalue weighted by Crippen LogP contribution is 2.36. The van der Waals surface area contributed by atoms with E-state index in [1.165, 1.54) is 17.8 Å². The van der Waals surface area contributed by atoms with Crippen LogP contribution < -0.4 is 5.32 Å². The summed E-state index contributed by atoms with van der Waals surface area (Å²) < 4.78 is 44.6. The normalized spacial score (nSPS) is 17.1. The monoisotopic (exact) mass is 415 g/mol. The first-order valence-electron chi connectivity index (χ1n) is 8.36. The van der Waals surface area contributed by atoms with Crippen LogP contribution in [0.5, 0.6) is 0 Å². The minimum atomic E-state index is -4.59. The molecule has 8 heteroatoms. The smallest absolute Gasteiger partial charge is 0.377 e. The van der Waals surface area contributed by atoms with Crippen molar-refractivity contribution in [1.29, 1.82) is 0 Å². The number of hydrogen-bond donors (Lipinski definition) is 1. The first-order valence-corrected chi connectivity index (χ1v) is 9.72. The van der Waals surface area contributed by atoms with Crippen molar-refractivity contribution >= 4 is 35.0 Å². The standard InChI is InChI=1S/C19H17ClF3NO2S/c20-16-8-7-12(10-15(16)19(21,22)23)24-18(25)14-5-1-2-6-17(14)27-11-13-4-3-9-26-13/h1-2,5-8,10,13H,3-4,9,11H2,(H,24,25). The van der Waals surface area contributed by atoms with Crippen molar-refractivity contribution in [3.63, 3.8) is 0 Å². The summed E-state index contributed by atoms with van der Waals surface area (Å²) in [4.78, 5) is 13.4. The first-order chi connectivity index (χ1) is 12.8. The van der Waals surface area contributed by atoms with E-state index in [1.54, 1.807) is 12.1 Å². The van der Waals surface area contributed by atoms with E-state index in [-0.39, 0.29) is 11.8 Å². The average molecular weight is 416 g/mol. The van der Waals surface area contributed by atoms with Crippen molar-refractivity contribution in [2.24, 2.45) is 0 Å². The number of alkyl halides is 3. The summed E-state index contributed by atoms with van der Waals surface area (Å²) in [6.07, 6.45) is -2.40. The fraction of sp³-hybridized carbons (Fsp3) is 0.316. The number of nitrogens with one attached hydrogen (secondary N) is 1. The highest BCUT2D eigenvalue weighted by atomic mass is 35.5. The Kier molecular flexibility index (Phi) is 6.34. The molecule has 1 unspecified atom stereocenters. The number of benzene rings is 2. The van der Waals surface area contributed by atoms with Crippen molar-refractivity contribution in [1.82, 2.24) is 0 Å². The van der Waals surface area contributed by atoms with Gasteiger partial charge in [0.2, 0.25) is 0 Å². The molecule has 0 aliphatic carbocycles. The van der Waals surface area contributed by atoms with Crippen LogP contribution in [0, 0.1) is 0 Å². The van der Waals surface area contributed by atoms with Gasteiger partial charge in [-0.15, -0.1) is 11.8 Å². The van der Waals surface area contributed by atoms with Crippen LogP contribution in [0.2, 0.25) is 5.02 Å². The topological polar surface area (TPSA) is 38.3 Å². The van der Waals surface area contributed by atoms with Gasteiger partial charge < -0.3 is 10.1 Å². The third-order valence-corrected chi connectivity index (χ3v) is 5.65. The molecule has 1 saturated heterocycles. The Hall–Kier alpha value is -1.70. The molecule has 1 heterocycles. The number of hydrogen-bond acceptors (Lipinski definition) is 3. The van der Waals surface area contributed by atoms with Gasteiger partial charge >= 0.3 is 6.18 Å². The molecule has 27 heavy (non-hydrogen) atoms. The van der Waals surface area contributed by atoms with Crippen LogP contribution in [0.4, 0.5) is 18.9 Å². The van der Waals surface area contributed by atoms with Crippen LogP contribution in [-0.2, 0) is 10.9 Å². The quantitative estimate of drug-likeness (QED) is 0.619. The van der Waals surface area contributed by atoms with Gasteiger partial charge in [-0.05, 0) is 43.2 Å². The maximum Gasteiger partial charge on any atom is 0.417 e. The number of carbonyl (C=O) groups is 1. The third-order valence-electron chi connectivity index (χ3n) is 4.11. The number of ether oxygens (including phenoxy) is 1. The van der Waals surface area contributed by atoms with Gasteiger partial charge in [0.25, 0.3) is 5.91 Å². The van der Waals surface area contributed by atoms with Crippen molar-refractivity contribution in [2.75, 3.05) is 17.7 Å². The van der Waals surface area contributed by atoms with E-state index in [2.05, 4.69) is 5.32 Å². The van der Waals surface area contributed by atoms with E-state index in [1.807, 2.05) is 12.1 Å². The van der Waals surface area contributed by atoms with Gasteiger partial charge in [0, 0.05) is 22.9 Å². The molecule has 2 aromatic rings. The van der Waals surface area contributed by atoms with E-state index in [4.69, 9.17) is 16.3 Å². The zero-order chi connectivity index (χ0) is 19.4. The molecule has 3 nitrogen and oxygen atoms in total. The highest BCUT2D eigenvalue weighted by Gasteiger charge is 2.33. The first kappa shape index (κ1) is 20.0. The van der Waals surface area contributed by atoms with Crippen molar-refractivity contribution in [2.45, 2.75) is 30.0 Å². The maximum absolute atomic E-state index is 13.0. The molecule has 1 fully saturated rings. The van der Waals surface area contributed by atoms with Gasteiger partial charge in [-0.3, -0.25) is 4.79 Å². The molecule has 2 aromatic carbocycles. The lowest BCUT2D eigenvalue weighted by Gasteiger charge is -2.14. The highest BCUT2D eigenvalue weighted by molar-refractivity contribution is 7.99. The number of amides is 1. The van der Waals surface area contributed by atoms with Gasteiger partial charge in [-0.2, -0.15) is 13.2 Å². The fourth-order valence-electron chi connectivity index (χ4n) is 2.76. The minimum Gasteiger partial charge on any atom is -0.377 e. The van der Waals surface area contributed by atoms with Gasteiger partial charge in [0.05, 0.1) is 22.3 Å². The van der Waals surface area contributed by atoms with Gasteiger partial charge in [-0.1, -0.05) is 23.7 Å². The molecule has 1 atom stereocenters. The lowest BCUT2D eigenvalue weighted by Crippen LogP contribution is -2.15. The van der Waals surface area contributed by atoms with E-state index in [0.717, 1.165) is 42.2 Å². The Morgan fingerprint density at radius 1 is 1.26 bits per heavy atom. The number of anilines is 1. The van der Waals surface area contributed by atoms with Crippen LogP contribution in [-0.4, -0.2) is 24.4 Å². The Bertz CT molecular complexity index is 823. The molecule has 1 N–H and O–H groups in total. The predicted molar refractivity (Wildman–Crippen MR) is 101 cm³/mol. The number of halogens is 4. The lowest BCUT2D eigenvalue weighted by atomic mass is 10.1. The molecule has 0 radical (unpaired) electrons. The average Bonchev–Trinajstić information content (AvgIpc) is 3.14. The van der Waals surface area contributed by atoms with Gasteiger partial charge in [0.15, 0.2) is 0 Å². The molecule has 1 aliphatic heterocycles. The SMILES string of the molecule is O=C(Nc1ccc(Cl)c(C(F)(F)F)c1)c1ccccc1SCC1CCCO1. The number of thioether (sulfide) groups is 1. The molecular weight excluding hydrogens is 399 g/mol. The summed E-state index contributed by atoms with van der Waals surface area (Å²) in [6, 6.07) is 10.3. The van der Waals surface area contributed by atoms with Crippen LogP contribution in [0.25, 0.3) is 0 Å². The van der Waals surface area contributed by atoms with Crippen LogP contribution in [0.3, 0.4) is 0 Å². The molecule has 0 bridgehead atoms. The van der Waals surface area contributed by atoms with E-state index in [0.29, 0.717) is 5.56 Å². The van der Waals surface area contributed by atoms with Gasteiger partial charge in [-0.25, -0.2) is 0 Å². The number of rotatable bonds is 5. The summed E-state index contributed by atoms with van der Waals surface area (Å²) in [6.45, 7) is 0.755. The minimum absolute atomic E-state index is 0.0376. The zero-order valence-electron chi connectivity index (χ0n) is 14.2. The molecule has 1 amide bonds. The maximum atomic E-state index is 13.0. The molecule has 0 saturated carbocycles. The van der Waals surface area contributed by atoms with Crippen LogP contribution in [0.15, 0.2) is 47.4 Å². The van der Waals surface area contributed by atoms with Crippen molar-refractivity contribution in [3.8, 4) is 0 Å². The fourth-order valence-corrected chi connectivity index (χ4v) is 4.10.